The van der Waals surface area contributed by atoms with Crippen LogP contribution in [0.3, 0.4) is 0 Å². The topological polar surface area (TPSA) is 50.7 Å². The molecule has 0 aliphatic carbocycles. The van der Waals surface area contributed by atoms with Gasteiger partial charge in [0.2, 0.25) is 0 Å². The van der Waals surface area contributed by atoms with E-state index in [1.54, 1.807) is 0 Å². The van der Waals surface area contributed by atoms with Gasteiger partial charge in [-0.05, 0) is 36.6 Å². The van der Waals surface area contributed by atoms with Gasteiger partial charge < -0.3 is 19.9 Å². The molecule has 0 bridgehead atoms. The standard InChI is InChI=1S/C16H26BrNO3/c1-13(2)7-9-20-10-8-18-11-15(19)12-21-16-5-3-14(17)4-6-16/h3-6,13,15,18-19H,7-12H2,1-2H3. The van der Waals surface area contributed by atoms with Crippen molar-refractivity contribution in [2.45, 2.75) is 26.4 Å². The smallest absolute Gasteiger partial charge is 0.119 e. The third-order valence-electron chi connectivity index (χ3n) is 2.90. The van der Waals surface area contributed by atoms with Crippen molar-refractivity contribution in [3.05, 3.63) is 28.7 Å². The fourth-order valence-corrected chi connectivity index (χ4v) is 1.88. The minimum absolute atomic E-state index is 0.281. The van der Waals surface area contributed by atoms with Gasteiger partial charge in [0.25, 0.3) is 0 Å². The van der Waals surface area contributed by atoms with E-state index in [4.69, 9.17) is 9.47 Å². The highest BCUT2D eigenvalue weighted by Crippen LogP contribution is 2.16. The van der Waals surface area contributed by atoms with Gasteiger partial charge in [0, 0.05) is 24.2 Å². The molecule has 1 rings (SSSR count). The van der Waals surface area contributed by atoms with Gasteiger partial charge in [-0.2, -0.15) is 0 Å². The summed E-state index contributed by atoms with van der Waals surface area (Å²) in [6.07, 6.45) is 0.563. The Morgan fingerprint density at radius 2 is 1.90 bits per heavy atom. The number of hydrogen-bond donors (Lipinski definition) is 2. The largest absolute Gasteiger partial charge is 0.491 e. The van der Waals surface area contributed by atoms with Gasteiger partial charge in [0.05, 0.1) is 6.61 Å². The van der Waals surface area contributed by atoms with Crippen LogP contribution in [-0.4, -0.2) is 44.1 Å². The van der Waals surface area contributed by atoms with Crippen molar-refractivity contribution < 1.29 is 14.6 Å². The second-order valence-electron chi connectivity index (χ2n) is 5.42. The third-order valence-corrected chi connectivity index (χ3v) is 3.43. The van der Waals surface area contributed by atoms with Crippen molar-refractivity contribution in [2.24, 2.45) is 5.92 Å². The van der Waals surface area contributed by atoms with Crippen molar-refractivity contribution in [1.82, 2.24) is 5.32 Å². The molecule has 0 spiro atoms. The van der Waals surface area contributed by atoms with Gasteiger partial charge in [-0.3, -0.25) is 0 Å². The third kappa shape index (κ3) is 9.85. The first-order valence-corrected chi connectivity index (χ1v) is 8.22. The lowest BCUT2D eigenvalue weighted by Crippen LogP contribution is -2.33. The van der Waals surface area contributed by atoms with E-state index >= 15 is 0 Å². The zero-order chi connectivity index (χ0) is 15.5. The molecule has 0 radical (unpaired) electrons. The van der Waals surface area contributed by atoms with Crippen molar-refractivity contribution in [1.29, 1.82) is 0 Å². The number of benzene rings is 1. The molecule has 0 aromatic heterocycles. The molecule has 0 fully saturated rings. The lowest BCUT2D eigenvalue weighted by atomic mass is 10.1. The molecule has 1 unspecified atom stereocenters. The maximum Gasteiger partial charge on any atom is 0.119 e. The Balaban J connectivity index is 1.98. The molecule has 4 nitrogen and oxygen atoms in total. The summed E-state index contributed by atoms with van der Waals surface area (Å²) in [5.74, 6) is 1.44. The first-order chi connectivity index (χ1) is 10.1. The molecule has 0 saturated heterocycles. The van der Waals surface area contributed by atoms with Crippen LogP contribution in [0.5, 0.6) is 5.75 Å². The van der Waals surface area contributed by atoms with E-state index in [0.29, 0.717) is 19.1 Å². The van der Waals surface area contributed by atoms with Crippen LogP contribution in [0.25, 0.3) is 0 Å². The van der Waals surface area contributed by atoms with E-state index in [-0.39, 0.29) is 6.61 Å². The zero-order valence-electron chi connectivity index (χ0n) is 12.8. The first kappa shape index (κ1) is 18.4. The highest BCUT2D eigenvalue weighted by atomic mass is 79.9. The summed E-state index contributed by atoms with van der Waals surface area (Å²) >= 11 is 3.37. The van der Waals surface area contributed by atoms with Gasteiger partial charge in [-0.1, -0.05) is 29.8 Å². The summed E-state index contributed by atoms with van der Waals surface area (Å²) in [4.78, 5) is 0. The number of halogens is 1. The van der Waals surface area contributed by atoms with Gasteiger partial charge in [0.15, 0.2) is 0 Å². The molecule has 2 N–H and O–H groups in total. The average Bonchev–Trinajstić information content (AvgIpc) is 2.45. The predicted molar refractivity (Wildman–Crippen MR) is 88.8 cm³/mol. The minimum Gasteiger partial charge on any atom is -0.491 e. The van der Waals surface area contributed by atoms with Gasteiger partial charge in [0.1, 0.15) is 18.5 Å². The Morgan fingerprint density at radius 1 is 1.19 bits per heavy atom. The molecule has 1 atom stereocenters. The van der Waals surface area contributed by atoms with Crippen LogP contribution < -0.4 is 10.1 Å². The fourth-order valence-electron chi connectivity index (χ4n) is 1.62. The van der Waals surface area contributed by atoms with Gasteiger partial charge in [-0.15, -0.1) is 0 Å². The molecule has 21 heavy (non-hydrogen) atoms. The van der Waals surface area contributed by atoms with E-state index in [1.165, 1.54) is 0 Å². The van der Waals surface area contributed by atoms with Gasteiger partial charge in [-0.25, -0.2) is 0 Å². The Bertz CT molecular complexity index is 370. The summed E-state index contributed by atoms with van der Waals surface area (Å²) in [6, 6.07) is 7.56. The molecule has 0 aliphatic heterocycles. The summed E-state index contributed by atoms with van der Waals surface area (Å²) in [7, 11) is 0. The van der Waals surface area contributed by atoms with E-state index in [0.717, 1.165) is 29.8 Å². The number of ether oxygens (including phenoxy) is 2. The van der Waals surface area contributed by atoms with Crippen molar-refractivity contribution in [3.8, 4) is 5.75 Å². The molecule has 1 aromatic carbocycles. The Labute approximate surface area is 136 Å². The molecular weight excluding hydrogens is 334 g/mol. The Hall–Kier alpha value is -0.620. The lowest BCUT2D eigenvalue weighted by molar-refractivity contribution is 0.0967. The van der Waals surface area contributed by atoms with Gasteiger partial charge >= 0.3 is 0 Å². The van der Waals surface area contributed by atoms with Crippen molar-refractivity contribution in [2.75, 3.05) is 32.9 Å². The number of rotatable bonds is 11. The summed E-state index contributed by atoms with van der Waals surface area (Å²) < 4.78 is 12.0. The summed E-state index contributed by atoms with van der Waals surface area (Å²) in [5.41, 5.74) is 0. The molecule has 5 heteroatoms. The van der Waals surface area contributed by atoms with E-state index in [2.05, 4.69) is 35.1 Å². The van der Waals surface area contributed by atoms with E-state index in [1.807, 2.05) is 24.3 Å². The second-order valence-corrected chi connectivity index (χ2v) is 6.33. The molecule has 1 aromatic rings. The fraction of sp³-hybridized carbons (Fsp3) is 0.625. The zero-order valence-corrected chi connectivity index (χ0v) is 14.4. The summed E-state index contributed by atoms with van der Waals surface area (Å²) in [5, 5.41) is 13.0. The Morgan fingerprint density at radius 3 is 2.57 bits per heavy atom. The molecule has 120 valence electrons. The quantitative estimate of drug-likeness (QED) is 0.596. The van der Waals surface area contributed by atoms with Crippen LogP contribution in [0, 0.1) is 5.92 Å². The summed E-state index contributed by atoms with van der Waals surface area (Å²) in [6.45, 7) is 7.37. The van der Waals surface area contributed by atoms with E-state index < -0.39 is 6.10 Å². The first-order valence-electron chi connectivity index (χ1n) is 7.43. The van der Waals surface area contributed by atoms with Crippen LogP contribution in [0.2, 0.25) is 0 Å². The predicted octanol–water partition coefficient (Wildman–Crippen LogP) is 2.84. The van der Waals surface area contributed by atoms with Crippen LogP contribution in [0.4, 0.5) is 0 Å². The molecule has 0 heterocycles. The van der Waals surface area contributed by atoms with Crippen LogP contribution in [0.15, 0.2) is 28.7 Å². The highest BCUT2D eigenvalue weighted by molar-refractivity contribution is 9.10. The normalized spacial score (nSPS) is 12.6. The second kappa shape index (κ2) is 11.0. The maximum absolute atomic E-state index is 9.80. The molecule has 0 saturated carbocycles. The van der Waals surface area contributed by atoms with E-state index in [9.17, 15) is 5.11 Å². The molecular formula is C16H26BrNO3. The monoisotopic (exact) mass is 359 g/mol. The lowest BCUT2D eigenvalue weighted by Gasteiger charge is -2.13. The van der Waals surface area contributed by atoms with Crippen LogP contribution in [0.1, 0.15) is 20.3 Å². The molecule has 0 aliphatic rings. The number of aliphatic hydroxyl groups is 1. The SMILES string of the molecule is CC(C)CCOCCNCC(O)COc1ccc(Br)cc1. The minimum atomic E-state index is -0.524. The maximum atomic E-state index is 9.80. The number of nitrogens with one attached hydrogen (secondary N) is 1. The Kier molecular flexibility index (Phi) is 9.67. The van der Waals surface area contributed by atoms with Crippen molar-refractivity contribution in [3.63, 3.8) is 0 Å². The van der Waals surface area contributed by atoms with Crippen LogP contribution >= 0.6 is 15.9 Å². The van der Waals surface area contributed by atoms with Crippen molar-refractivity contribution >= 4 is 15.9 Å². The van der Waals surface area contributed by atoms with Crippen LogP contribution in [-0.2, 0) is 4.74 Å². The number of aliphatic hydroxyl groups excluding tert-OH is 1. The number of hydrogen-bond acceptors (Lipinski definition) is 4. The average molecular weight is 360 g/mol. The highest BCUT2D eigenvalue weighted by Gasteiger charge is 2.04. The molecule has 0 amide bonds.